The molecule has 0 unspecified atom stereocenters. The van der Waals surface area contributed by atoms with Gasteiger partial charge in [0.2, 0.25) is 5.91 Å². The molecule has 43 heavy (non-hydrogen) atoms. The van der Waals surface area contributed by atoms with E-state index in [1.54, 1.807) is 6.20 Å². The number of piperazine rings is 1. The van der Waals surface area contributed by atoms with Crippen LogP contribution in [-0.2, 0) is 4.79 Å². The average molecular weight is 574 g/mol. The summed E-state index contributed by atoms with van der Waals surface area (Å²) in [4.78, 5) is 31.9. The van der Waals surface area contributed by atoms with E-state index < -0.39 is 0 Å². The predicted octanol–water partition coefficient (Wildman–Crippen LogP) is 6.02. The molecule has 3 aromatic heterocycles. The van der Waals surface area contributed by atoms with Crippen LogP contribution in [0.4, 0.5) is 5.82 Å². The van der Waals surface area contributed by atoms with Crippen LogP contribution in [0.15, 0.2) is 73.1 Å². The molecular formula is C35H39N7O. The molecule has 7 rings (SSSR count). The monoisotopic (exact) mass is 573 g/mol. The van der Waals surface area contributed by atoms with E-state index in [0.29, 0.717) is 24.2 Å². The molecule has 1 aliphatic carbocycles. The second-order valence-electron chi connectivity index (χ2n) is 13.3. The largest absolute Gasteiger partial charge is 0.382 e. The van der Waals surface area contributed by atoms with Crippen molar-refractivity contribution < 1.29 is 4.79 Å². The van der Waals surface area contributed by atoms with Crippen molar-refractivity contribution in [3.05, 3.63) is 78.9 Å². The molecule has 2 aromatic carbocycles. The Labute approximate surface area is 252 Å². The first kappa shape index (κ1) is 27.5. The maximum absolute atomic E-state index is 12.7. The molecular weight excluding hydrogens is 534 g/mol. The molecule has 4 heterocycles. The normalized spacial score (nSPS) is 19.6. The lowest BCUT2D eigenvalue weighted by Gasteiger charge is -2.46. The van der Waals surface area contributed by atoms with Crippen LogP contribution >= 0.6 is 0 Å². The Morgan fingerprint density at radius 2 is 1.67 bits per heavy atom. The number of rotatable bonds is 5. The summed E-state index contributed by atoms with van der Waals surface area (Å²) in [7, 11) is 0. The number of imidazole rings is 1. The van der Waals surface area contributed by atoms with Gasteiger partial charge in [-0.25, -0.2) is 15.0 Å². The number of pyridine rings is 1. The first-order chi connectivity index (χ1) is 20.7. The van der Waals surface area contributed by atoms with Gasteiger partial charge in [-0.15, -0.1) is 0 Å². The van der Waals surface area contributed by atoms with Crippen LogP contribution in [0, 0.1) is 5.41 Å². The summed E-state index contributed by atoms with van der Waals surface area (Å²) in [6, 6.07) is 21.3. The van der Waals surface area contributed by atoms with Crippen LogP contribution in [0.25, 0.3) is 38.9 Å². The van der Waals surface area contributed by atoms with Gasteiger partial charge >= 0.3 is 0 Å². The quantitative estimate of drug-likeness (QED) is 0.276. The van der Waals surface area contributed by atoms with Gasteiger partial charge in [-0.3, -0.25) is 14.1 Å². The summed E-state index contributed by atoms with van der Waals surface area (Å²) in [6.45, 7) is 9.89. The third-order valence-electron chi connectivity index (χ3n) is 8.99. The third kappa shape index (κ3) is 5.36. The highest BCUT2D eigenvalue weighted by Crippen LogP contribution is 2.42. The fraction of sp³-hybridized carbons (Fsp3) is 0.371. The zero-order valence-corrected chi connectivity index (χ0v) is 25.2. The summed E-state index contributed by atoms with van der Waals surface area (Å²) in [5.41, 5.74) is 12.1. The minimum atomic E-state index is 0.0224. The standard InChI is InChI=1S/C35H39N7O/c1-35(2,3)22-30(43)41-17-15-40(16-18-41)27-19-26(20-27)34-39-31(32-33(36)37-13-14-42(32)34)25-10-9-24-11-12-28(38-29(24)21-25)23-7-5-4-6-8-23/h4-14,21,26-27H,15-20,22H2,1-3H3,(H2,36,37)/t26-,27+. The molecule has 1 amide bonds. The van der Waals surface area contributed by atoms with E-state index in [1.807, 2.05) is 29.3 Å². The highest BCUT2D eigenvalue weighted by molar-refractivity contribution is 5.91. The number of fused-ring (bicyclic) bond motifs is 2. The SMILES string of the molecule is CC(C)(C)CC(=O)N1CCN([C@H]2C[C@@H](c3nc(-c4ccc5ccc(-c6ccccc6)nc5c4)c4c(N)nccn43)C2)CC1. The van der Waals surface area contributed by atoms with Crippen LogP contribution in [0.3, 0.4) is 0 Å². The van der Waals surface area contributed by atoms with Crippen molar-refractivity contribution >= 4 is 28.1 Å². The van der Waals surface area contributed by atoms with Gasteiger partial charge < -0.3 is 10.6 Å². The van der Waals surface area contributed by atoms with Gasteiger partial charge in [0.25, 0.3) is 0 Å². The molecule has 2 aliphatic rings. The average Bonchev–Trinajstić information content (AvgIpc) is 3.36. The van der Waals surface area contributed by atoms with E-state index in [0.717, 1.165) is 83.8 Å². The Morgan fingerprint density at radius 1 is 0.930 bits per heavy atom. The summed E-state index contributed by atoms with van der Waals surface area (Å²) in [5, 5.41) is 1.08. The Hall–Kier alpha value is -4.30. The number of hydrogen-bond donors (Lipinski definition) is 1. The molecule has 2 N–H and O–H groups in total. The van der Waals surface area contributed by atoms with Gasteiger partial charge in [0.15, 0.2) is 0 Å². The number of hydrogen-bond acceptors (Lipinski definition) is 6. The van der Waals surface area contributed by atoms with E-state index in [4.69, 9.17) is 15.7 Å². The van der Waals surface area contributed by atoms with E-state index in [9.17, 15) is 4.79 Å². The fourth-order valence-electron chi connectivity index (χ4n) is 6.61. The van der Waals surface area contributed by atoms with Gasteiger partial charge in [-0.2, -0.15) is 0 Å². The molecule has 5 aromatic rings. The molecule has 0 bridgehead atoms. The van der Waals surface area contributed by atoms with Crippen molar-refractivity contribution in [1.29, 1.82) is 0 Å². The molecule has 2 fully saturated rings. The molecule has 1 aliphatic heterocycles. The Morgan fingerprint density at radius 3 is 2.42 bits per heavy atom. The molecule has 220 valence electrons. The molecule has 0 atom stereocenters. The second kappa shape index (κ2) is 10.8. The van der Waals surface area contributed by atoms with Crippen molar-refractivity contribution in [3.8, 4) is 22.5 Å². The topological polar surface area (TPSA) is 92.7 Å². The third-order valence-corrected chi connectivity index (χ3v) is 8.99. The van der Waals surface area contributed by atoms with Crippen LogP contribution in [-0.4, -0.2) is 67.3 Å². The van der Waals surface area contributed by atoms with Gasteiger partial charge in [-0.05, 0) is 30.4 Å². The van der Waals surface area contributed by atoms with Gasteiger partial charge in [0.1, 0.15) is 22.9 Å². The number of amides is 1. The number of nitrogens with zero attached hydrogens (tertiary/aromatic N) is 6. The van der Waals surface area contributed by atoms with Crippen LogP contribution in [0.2, 0.25) is 0 Å². The first-order valence-corrected chi connectivity index (χ1v) is 15.3. The number of benzene rings is 2. The van der Waals surface area contributed by atoms with Crippen LogP contribution < -0.4 is 5.73 Å². The predicted molar refractivity (Wildman–Crippen MR) is 172 cm³/mol. The van der Waals surface area contributed by atoms with Gasteiger partial charge in [0, 0.05) is 73.5 Å². The highest BCUT2D eigenvalue weighted by Gasteiger charge is 2.39. The molecule has 1 saturated heterocycles. The van der Waals surface area contributed by atoms with Crippen LogP contribution in [0.1, 0.15) is 51.8 Å². The molecule has 0 spiro atoms. The number of aromatic nitrogens is 4. The lowest BCUT2D eigenvalue weighted by molar-refractivity contribution is -0.135. The number of carbonyl (C=O) groups is 1. The van der Waals surface area contributed by atoms with Crippen molar-refractivity contribution in [3.63, 3.8) is 0 Å². The maximum atomic E-state index is 12.7. The van der Waals surface area contributed by atoms with Gasteiger partial charge in [0.05, 0.1) is 11.2 Å². The summed E-state index contributed by atoms with van der Waals surface area (Å²) < 4.78 is 2.14. The lowest BCUT2D eigenvalue weighted by Crippen LogP contribution is -2.55. The molecule has 0 radical (unpaired) electrons. The molecule has 8 heteroatoms. The summed E-state index contributed by atoms with van der Waals surface area (Å²) in [6.07, 6.45) is 6.45. The summed E-state index contributed by atoms with van der Waals surface area (Å²) >= 11 is 0. The number of carbonyl (C=O) groups excluding carboxylic acids is 1. The van der Waals surface area contributed by atoms with Gasteiger partial charge in [-0.1, -0.05) is 69.3 Å². The van der Waals surface area contributed by atoms with Crippen molar-refractivity contribution in [2.24, 2.45) is 5.41 Å². The Balaban J connectivity index is 1.11. The Bertz CT molecular complexity index is 1790. The van der Waals surface area contributed by atoms with Crippen molar-refractivity contribution in [2.45, 2.75) is 52.0 Å². The van der Waals surface area contributed by atoms with Crippen molar-refractivity contribution in [2.75, 3.05) is 31.9 Å². The van der Waals surface area contributed by atoms with E-state index in [-0.39, 0.29) is 11.3 Å². The molecule has 1 saturated carbocycles. The minimum absolute atomic E-state index is 0.0224. The van der Waals surface area contributed by atoms with E-state index >= 15 is 0 Å². The maximum Gasteiger partial charge on any atom is 0.223 e. The minimum Gasteiger partial charge on any atom is -0.382 e. The highest BCUT2D eigenvalue weighted by atomic mass is 16.2. The number of nitrogens with two attached hydrogens (primary N) is 1. The van der Waals surface area contributed by atoms with Crippen molar-refractivity contribution in [1.82, 2.24) is 29.2 Å². The van der Waals surface area contributed by atoms with E-state index in [1.165, 1.54) is 0 Å². The Kier molecular flexibility index (Phi) is 6.89. The zero-order valence-electron chi connectivity index (χ0n) is 25.2. The summed E-state index contributed by atoms with van der Waals surface area (Å²) in [5.74, 6) is 2.15. The van der Waals surface area contributed by atoms with E-state index in [2.05, 4.69) is 77.5 Å². The fourth-order valence-corrected chi connectivity index (χ4v) is 6.61. The second-order valence-corrected chi connectivity index (χ2v) is 13.3. The lowest BCUT2D eigenvalue weighted by atomic mass is 9.78. The number of nitrogen functional groups attached to an aromatic ring is 1. The zero-order chi connectivity index (χ0) is 29.7. The van der Waals surface area contributed by atoms with Crippen LogP contribution in [0.5, 0.6) is 0 Å². The smallest absolute Gasteiger partial charge is 0.223 e. The number of anilines is 1. The molecule has 8 nitrogen and oxygen atoms in total. The first-order valence-electron chi connectivity index (χ1n) is 15.3.